The van der Waals surface area contributed by atoms with Gasteiger partial charge in [0.25, 0.3) is 0 Å². The minimum atomic E-state index is -0.780. The van der Waals surface area contributed by atoms with Crippen molar-refractivity contribution in [1.82, 2.24) is 4.90 Å². The summed E-state index contributed by atoms with van der Waals surface area (Å²) in [5, 5.41) is 9.29. The lowest BCUT2D eigenvalue weighted by Gasteiger charge is -2.31. The number of rotatable bonds is 2. The van der Waals surface area contributed by atoms with Crippen LogP contribution in [0.15, 0.2) is 0 Å². The molecule has 19 heavy (non-hydrogen) atoms. The van der Waals surface area contributed by atoms with Gasteiger partial charge in [0.15, 0.2) is 0 Å². The normalized spacial score (nSPS) is 38.2. The predicted molar refractivity (Wildman–Crippen MR) is 70.5 cm³/mol. The van der Waals surface area contributed by atoms with Gasteiger partial charge in [0.1, 0.15) is 0 Å². The number of carboxylic acid groups (broad SMARTS) is 1. The van der Waals surface area contributed by atoms with Crippen molar-refractivity contribution in [3.8, 4) is 0 Å². The third kappa shape index (κ3) is 2.37. The fraction of sp³-hybridized carbons (Fsp3) is 0.867. The van der Waals surface area contributed by atoms with Gasteiger partial charge >= 0.3 is 5.97 Å². The Labute approximate surface area is 114 Å². The van der Waals surface area contributed by atoms with Crippen molar-refractivity contribution < 1.29 is 14.7 Å². The fourth-order valence-electron chi connectivity index (χ4n) is 4.37. The molecule has 2 aliphatic carbocycles. The largest absolute Gasteiger partial charge is 0.481 e. The summed E-state index contributed by atoms with van der Waals surface area (Å²) in [5.74, 6) is 0.0253. The number of likely N-dealkylation sites (tertiary alicyclic amines) is 1. The molecule has 4 atom stereocenters. The maximum atomic E-state index is 12.6. The SMILES string of the molecule is O=C(O)[C@H]1CCCC[C@H]1C(=O)N1CC2CCCC2C1. The van der Waals surface area contributed by atoms with Crippen molar-refractivity contribution >= 4 is 11.9 Å². The first-order chi connectivity index (χ1) is 9.16. The zero-order valence-electron chi connectivity index (χ0n) is 11.4. The molecule has 4 heteroatoms. The molecule has 1 aliphatic heterocycles. The molecule has 4 nitrogen and oxygen atoms in total. The van der Waals surface area contributed by atoms with Crippen LogP contribution < -0.4 is 0 Å². The monoisotopic (exact) mass is 265 g/mol. The summed E-state index contributed by atoms with van der Waals surface area (Å²) < 4.78 is 0. The first-order valence-corrected chi connectivity index (χ1v) is 7.68. The molecule has 106 valence electrons. The second kappa shape index (κ2) is 5.14. The Morgan fingerprint density at radius 1 is 0.842 bits per heavy atom. The van der Waals surface area contributed by atoms with Crippen LogP contribution in [0.1, 0.15) is 44.9 Å². The maximum absolute atomic E-state index is 12.6. The molecule has 3 aliphatic rings. The molecule has 2 unspecified atom stereocenters. The topological polar surface area (TPSA) is 57.6 Å². The summed E-state index contributed by atoms with van der Waals surface area (Å²) in [5.41, 5.74) is 0. The molecule has 0 bridgehead atoms. The number of carboxylic acids is 1. The molecule has 1 amide bonds. The summed E-state index contributed by atoms with van der Waals surface area (Å²) in [6.45, 7) is 1.76. The van der Waals surface area contributed by atoms with Crippen LogP contribution >= 0.6 is 0 Å². The van der Waals surface area contributed by atoms with E-state index in [1.54, 1.807) is 0 Å². The Bertz CT molecular complexity index is 370. The van der Waals surface area contributed by atoms with Gasteiger partial charge in [-0.2, -0.15) is 0 Å². The molecule has 0 spiro atoms. The van der Waals surface area contributed by atoms with Crippen molar-refractivity contribution in [3.63, 3.8) is 0 Å². The third-order valence-electron chi connectivity index (χ3n) is 5.44. The van der Waals surface area contributed by atoms with Gasteiger partial charge in [-0.1, -0.05) is 19.3 Å². The van der Waals surface area contributed by atoms with E-state index in [-0.39, 0.29) is 11.8 Å². The lowest BCUT2D eigenvalue weighted by molar-refractivity contribution is -0.152. The van der Waals surface area contributed by atoms with Crippen LogP contribution in [0, 0.1) is 23.7 Å². The highest BCUT2D eigenvalue weighted by Gasteiger charge is 2.43. The average Bonchev–Trinajstić information content (AvgIpc) is 2.98. The van der Waals surface area contributed by atoms with Gasteiger partial charge in [-0.3, -0.25) is 9.59 Å². The van der Waals surface area contributed by atoms with Crippen LogP contribution in [-0.2, 0) is 9.59 Å². The van der Waals surface area contributed by atoms with E-state index in [0.717, 1.165) is 32.4 Å². The minimum Gasteiger partial charge on any atom is -0.481 e. The Kier molecular flexibility index (Phi) is 3.50. The lowest BCUT2D eigenvalue weighted by atomic mass is 9.78. The van der Waals surface area contributed by atoms with Crippen molar-refractivity contribution in [3.05, 3.63) is 0 Å². The van der Waals surface area contributed by atoms with Crippen molar-refractivity contribution in [2.75, 3.05) is 13.1 Å². The molecule has 0 radical (unpaired) electrons. The van der Waals surface area contributed by atoms with Crippen LogP contribution in [0.3, 0.4) is 0 Å². The molecular weight excluding hydrogens is 242 g/mol. The molecule has 1 heterocycles. The Morgan fingerprint density at radius 2 is 1.42 bits per heavy atom. The first-order valence-electron chi connectivity index (χ1n) is 7.68. The first kappa shape index (κ1) is 12.9. The van der Waals surface area contributed by atoms with E-state index in [0.29, 0.717) is 18.3 Å². The van der Waals surface area contributed by atoms with Crippen LogP contribution in [0.2, 0.25) is 0 Å². The van der Waals surface area contributed by atoms with Crippen molar-refractivity contribution in [2.24, 2.45) is 23.7 Å². The maximum Gasteiger partial charge on any atom is 0.307 e. The zero-order valence-corrected chi connectivity index (χ0v) is 11.4. The molecule has 3 rings (SSSR count). The van der Waals surface area contributed by atoms with Crippen LogP contribution in [-0.4, -0.2) is 35.0 Å². The van der Waals surface area contributed by atoms with E-state index in [1.165, 1.54) is 19.3 Å². The Morgan fingerprint density at radius 3 is 2.00 bits per heavy atom. The number of amides is 1. The van der Waals surface area contributed by atoms with E-state index < -0.39 is 11.9 Å². The van der Waals surface area contributed by atoms with E-state index in [2.05, 4.69) is 0 Å². The zero-order chi connectivity index (χ0) is 13.4. The van der Waals surface area contributed by atoms with Crippen LogP contribution in [0.5, 0.6) is 0 Å². The van der Waals surface area contributed by atoms with E-state index >= 15 is 0 Å². The second-order valence-electron chi connectivity index (χ2n) is 6.53. The summed E-state index contributed by atoms with van der Waals surface area (Å²) >= 11 is 0. The second-order valence-corrected chi connectivity index (χ2v) is 6.53. The number of hydrogen-bond donors (Lipinski definition) is 1. The standard InChI is InChI=1S/C15H23NO3/c17-14(12-6-1-2-7-13(12)15(18)19)16-8-10-4-3-5-11(10)9-16/h10-13H,1-9H2,(H,18,19)/t10?,11?,12-,13+/m1/s1. The van der Waals surface area contributed by atoms with Gasteiger partial charge in [0, 0.05) is 13.1 Å². The highest BCUT2D eigenvalue weighted by molar-refractivity contribution is 5.85. The summed E-state index contributed by atoms with van der Waals surface area (Å²) in [4.78, 5) is 25.9. The van der Waals surface area contributed by atoms with Crippen LogP contribution in [0.25, 0.3) is 0 Å². The molecule has 1 N–H and O–H groups in total. The predicted octanol–water partition coefficient (Wildman–Crippen LogP) is 2.14. The van der Waals surface area contributed by atoms with E-state index in [1.807, 2.05) is 4.90 Å². The number of fused-ring (bicyclic) bond motifs is 1. The molecular formula is C15H23NO3. The Balaban J connectivity index is 1.67. The number of carbonyl (C=O) groups excluding carboxylic acids is 1. The van der Waals surface area contributed by atoms with E-state index in [9.17, 15) is 14.7 Å². The Hall–Kier alpha value is -1.06. The number of aliphatic carboxylic acids is 1. The van der Waals surface area contributed by atoms with Gasteiger partial charge in [-0.25, -0.2) is 0 Å². The highest BCUT2D eigenvalue weighted by Crippen LogP contribution is 2.40. The van der Waals surface area contributed by atoms with Gasteiger partial charge < -0.3 is 10.0 Å². The molecule has 0 aromatic carbocycles. The van der Waals surface area contributed by atoms with Crippen molar-refractivity contribution in [2.45, 2.75) is 44.9 Å². The third-order valence-corrected chi connectivity index (χ3v) is 5.44. The number of nitrogens with zero attached hydrogens (tertiary/aromatic N) is 1. The number of carbonyl (C=O) groups is 2. The van der Waals surface area contributed by atoms with E-state index in [4.69, 9.17) is 0 Å². The van der Waals surface area contributed by atoms with Gasteiger partial charge in [0.2, 0.25) is 5.91 Å². The molecule has 1 saturated heterocycles. The van der Waals surface area contributed by atoms with Crippen molar-refractivity contribution in [1.29, 1.82) is 0 Å². The summed E-state index contributed by atoms with van der Waals surface area (Å²) in [6, 6.07) is 0. The van der Waals surface area contributed by atoms with Crippen LogP contribution in [0.4, 0.5) is 0 Å². The molecule has 2 saturated carbocycles. The molecule has 3 fully saturated rings. The van der Waals surface area contributed by atoms with Gasteiger partial charge in [-0.15, -0.1) is 0 Å². The summed E-state index contributed by atoms with van der Waals surface area (Å²) in [6.07, 6.45) is 7.20. The molecule has 0 aromatic rings. The van der Waals surface area contributed by atoms with Gasteiger partial charge in [0.05, 0.1) is 11.8 Å². The summed E-state index contributed by atoms with van der Waals surface area (Å²) in [7, 11) is 0. The smallest absolute Gasteiger partial charge is 0.307 e. The highest BCUT2D eigenvalue weighted by atomic mass is 16.4. The number of hydrogen-bond acceptors (Lipinski definition) is 2. The molecule has 0 aromatic heterocycles. The van der Waals surface area contributed by atoms with Gasteiger partial charge in [-0.05, 0) is 37.5 Å². The lowest BCUT2D eigenvalue weighted by Crippen LogP contribution is -2.41. The minimum absolute atomic E-state index is 0.126. The average molecular weight is 265 g/mol. The quantitative estimate of drug-likeness (QED) is 0.832. The fourth-order valence-corrected chi connectivity index (χ4v) is 4.37.